The number of hydrogen-bond acceptors (Lipinski definition) is 4. The Morgan fingerprint density at radius 2 is 1.91 bits per heavy atom. The van der Waals surface area contributed by atoms with Crippen LogP contribution in [0.5, 0.6) is 0 Å². The largest absolute Gasteiger partial charge is 0.322 e. The minimum atomic E-state index is -3.57. The first-order chi connectivity index (χ1) is 16.3. The van der Waals surface area contributed by atoms with Crippen LogP contribution in [-0.4, -0.2) is 32.4 Å². The molecule has 0 radical (unpaired) electrons. The van der Waals surface area contributed by atoms with E-state index in [1.54, 1.807) is 12.3 Å². The number of carbonyl (C=O) groups excluding carboxylic acids is 1. The summed E-state index contributed by atoms with van der Waals surface area (Å²) in [6.07, 6.45) is 1.78. The van der Waals surface area contributed by atoms with Gasteiger partial charge < -0.3 is 5.32 Å². The highest BCUT2D eigenvalue weighted by Gasteiger charge is 2.28. The molecule has 3 aromatic carbocycles. The number of nitrogens with one attached hydrogen (secondary N) is 2. The van der Waals surface area contributed by atoms with Crippen LogP contribution in [0.2, 0.25) is 5.02 Å². The fraction of sp³-hybridized carbons (Fsp3) is 0.120. The highest BCUT2D eigenvalue weighted by Crippen LogP contribution is 2.32. The van der Waals surface area contributed by atoms with Gasteiger partial charge >= 0.3 is 10.2 Å². The van der Waals surface area contributed by atoms with Crippen molar-refractivity contribution in [2.45, 2.75) is 6.92 Å². The minimum Gasteiger partial charge on any atom is -0.322 e. The van der Waals surface area contributed by atoms with E-state index in [9.17, 15) is 13.2 Å². The summed E-state index contributed by atoms with van der Waals surface area (Å²) in [5.74, 6) is -0.389. The fourth-order valence-corrected chi connectivity index (χ4v) is 5.56. The molecule has 1 aliphatic heterocycles. The molecule has 9 heteroatoms. The zero-order valence-electron chi connectivity index (χ0n) is 18.2. The molecule has 1 aromatic heterocycles. The zero-order valence-corrected chi connectivity index (χ0v) is 19.8. The van der Waals surface area contributed by atoms with Gasteiger partial charge in [0.25, 0.3) is 5.91 Å². The Labute approximate surface area is 202 Å². The second-order valence-corrected chi connectivity index (χ2v) is 10.1. The average Bonchev–Trinajstić information content (AvgIpc) is 3.18. The molecule has 1 fully saturated rings. The summed E-state index contributed by atoms with van der Waals surface area (Å²) < 4.78 is 27.8. The maximum absolute atomic E-state index is 13.0. The molecule has 0 spiro atoms. The molecule has 0 aliphatic carbocycles. The third kappa shape index (κ3) is 4.11. The molecule has 7 nitrogen and oxygen atoms in total. The molecule has 0 unspecified atom stereocenters. The number of halogens is 1. The van der Waals surface area contributed by atoms with E-state index in [1.165, 1.54) is 16.4 Å². The Kier molecular flexibility index (Phi) is 5.73. The first kappa shape index (κ1) is 22.3. The summed E-state index contributed by atoms with van der Waals surface area (Å²) in [6.45, 7) is 2.63. The summed E-state index contributed by atoms with van der Waals surface area (Å²) in [5, 5.41) is 5.18. The van der Waals surface area contributed by atoms with Gasteiger partial charge in [-0.25, -0.2) is 0 Å². The van der Waals surface area contributed by atoms with Crippen LogP contribution in [0, 0.1) is 6.92 Å². The quantitative estimate of drug-likeness (QED) is 0.429. The third-order valence-electron chi connectivity index (χ3n) is 5.80. The number of aryl methyl sites for hydroxylation is 1. The number of pyridine rings is 1. The Morgan fingerprint density at radius 3 is 2.68 bits per heavy atom. The number of amides is 1. The van der Waals surface area contributed by atoms with Crippen molar-refractivity contribution in [3.8, 4) is 11.3 Å². The van der Waals surface area contributed by atoms with E-state index >= 15 is 0 Å². The molecule has 0 saturated carbocycles. The van der Waals surface area contributed by atoms with Crippen molar-refractivity contribution in [1.82, 2.24) is 9.71 Å². The van der Waals surface area contributed by atoms with E-state index in [4.69, 9.17) is 11.6 Å². The number of benzene rings is 3. The van der Waals surface area contributed by atoms with Crippen molar-refractivity contribution >= 4 is 49.9 Å². The molecule has 0 bridgehead atoms. The normalized spacial score (nSPS) is 14.9. The van der Waals surface area contributed by atoms with E-state index in [0.717, 1.165) is 27.6 Å². The SMILES string of the molecule is Cc1ccc(NC(=O)c2ccc(N3CCNS3(=O)=O)cc2Cl)cc1-c1nccc2ccccc12. The lowest BCUT2D eigenvalue weighted by Crippen LogP contribution is -2.29. The van der Waals surface area contributed by atoms with Gasteiger partial charge in [0, 0.05) is 35.9 Å². The molecule has 5 rings (SSSR count). The van der Waals surface area contributed by atoms with Gasteiger partial charge in [-0.15, -0.1) is 0 Å². The van der Waals surface area contributed by atoms with E-state index in [0.29, 0.717) is 24.5 Å². The maximum Gasteiger partial charge on any atom is 0.301 e. The van der Waals surface area contributed by atoms with Gasteiger partial charge in [-0.1, -0.05) is 41.9 Å². The summed E-state index contributed by atoms with van der Waals surface area (Å²) in [6, 6.07) is 20.2. The molecule has 172 valence electrons. The van der Waals surface area contributed by atoms with Crippen LogP contribution in [0.1, 0.15) is 15.9 Å². The second kappa shape index (κ2) is 8.72. The summed E-state index contributed by atoms with van der Waals surface area (Å²) in [7, 11) is -3.57. The van der Waals surface area contributed by atoms with Crippen LogP contribution in [0.15, 0.2) is 72.9 Å². The number of aromatic nitrogens is 1. The van der Waals surface area contributed by atoms with E-state index in [2.05, 4.69) is 15.0 Å². The first-order valence-corrected chi connectivity index (χ1v) is 12.5. The number of fused-ring (bicyclic) bond motifs is 1. The highest BCUT2D eigenvalue weighted by atomic mass is 35.5. The summed E-state index contributed by atoms with van der Waals surface area (Å²) in [4.78, 5) is 17.6. The smallest absolute Gasteiger partial charge is 0.301 e. The van der Waals surface area contributed by atoms with Crippen molar-refractivity contribution in [3.63, 3.8) is 0 Å². The monoisotopic (exact) mass is 492 g/mol. The molecular formula is C25H21ClN4O3S. The number of rotatable bonds is 4. The summed E-state index contributed by atoms with van der Waals surface area (Å²) >= 11 is 6.37. The van der Waals surface area contributed by atoms with Crippen molar-refractivity contribution < 1.29 is 13.2 Å². The lowest BCUT2D eigenvalue weighted by atomic mass is 9.99. The van der Waals surface area contributed by atoms with Crippen LogP contribution in [0.4, 0.5) is 11.4 Å². The maximum atomic E-state index is 13.0. The van der Waals surface area contributed by atoms with Crippen molar-refractivity contribution in [1.29, 1.82) is 0 Å². The molecule has 34 heavy (non-hydrogen) atoms. The molecule has 0 atom stereocenters. The molecular weight excluding hydrogens is 472 g/mol. The predicted octanol–water partition coefficient (Wildman–Crippen LogP) is 4.77. The van der Waals surface area contributed by atoms with Gasteiger partial charge in [-0.3, -0.25) is 14.1 Å². The van der Waals surface area contributed by atoms with Gasteiger partial charge in [0.05, 0.1) is 22.0 Å². The Morgan fingerprint density at radius 1 is 1.09 bits per heavy atom. The standard InChI is InChI=1S/C25H21ClN4O3S/c1-16-6-7-18(14-22(16)24-20-5-3-2-4-17(20)10-11-27-24)29-25(31)21-9-8-19(15-23(21)26)30-13-12-28-34(30,32)33/h2-11,14-15,28H,12-13H2,1H3,(H,29,31). The fourth-order valence-electron chi connectivity index (χ4n) is 4.07. The van der Waals surface area contributed by atoms with Crippen molar-refractivity contribution in [2.75, 3.05) is 22.7 Å². The van der Waals surface area contributed by atoms with E-state index in [-0.39, 0.29) is 16.5 Å². The highest BCUT2D eigenvalue weighted by molar-refractivity contribution is 7.91. The van der Waals surface area contributed by atoms with Gasteiger partial charge in [0.1, 0.15) is 0 Å². The number of nitrogens with zero attached hydrogens (tertiary/aromatic N) is 2. The number of hydrogen-bond donors (Lipinski definition) is 2. The lowest BCUT2D eigenvalue weighted by molar-refractivity contribution is 0.102. The van der Waals surface area contributed by atoms with Crippen LogP contribution in [-0.2, 0) is 10.2 Å². The predicted molar refractivity (Wildman–Crippen MR) is 136 cm³/mol. The Balaban J connectivity index is 1.44. The van der Waals surface area contributed by atoms with Crippen molar-refractivity contribution in [2.24, 2.45) is 0 Å². The van der Waals surface area contributed by atoms with Gasteiger partial charge in [-0.2, -0.15) is 13.1 Å². The van der Waals surface area contributed by atoms with Gasteiger partial charge in [0.15, 0.2) is 0 Å². The minimum absolute atomic E-state index is 0.167. The molecule has 2 N–H and O–H groups in total. The summed E-state index contributed by atoms with van der Waals surface area (Å²) in [5.41, 5.74) is 4.06. The zero-order chi connectivity index (χ0) is 23.9. The van der Waals surface area contributed by atoms with E-state index in [1.807, 2.05) is 55.5 Å². The van der Waals surface area contributed by atoms with Crippen molar-refractivity contribution in [3.05, 3.63) is 89.1 Å². The molecule has 4 aromatic rings. The Bertz CT molecular complexity index is 1530. The third-order valence-corrected chi connectivity index (χ3v) is 7.65. The van der Waals surface area contributed by atoms with Crippen LogP contribution >= 0.6 is 11.6 Å². The second-order valence-electron chi connectivity index (χ2n) is 8.00. The Hall–Kier alpha value is -3.46. The van der Waals surface area contributed by atoms with Crippen LogP contribution < -0.4 is 14.3 Å². The van der Waals surface area contributed by atoms with Gasteiger partial charge in [-0.05, 0) is 54.3 Å². The average molecular weight is 493 g/mol. The first-order valence-electron chi connectivity index (χ1n) is 10.7. The van der Waals surface area contributed by atoms with Crippen LogP contribution in [0.3, 0.4) is 0 Å². The lowest BCUT2D eigenvalue weighted by Gasteiger charge is -2.17. The molecule has 1 saturated heterocycles. The molecule has 2 heterocycles. The topological polar surface area (TPSA) is 91.4 Å². The van der Waals surface area contributed by atoms with E-state index < -0.39 is 10.2 Å². The number of carbonyl (C=O) groups is 1. The molecule has 1 aliphatic rings. The number of anilines is 2. The van der Waals surface area contributed by atoms with Crippen LogP contribution in [0.25, 0.3) is 22.0 Å². The van der Waals surface area contributed by atoms with Gasteiger partial charge in [0.2, 0.25) is 0 Å². The molecule has 1 amide bonds.